The van der Waals surface area contributed by atoms with Gasteiger partial charge in [0.1, 0.15) is 24.1 Å². The van der Waals surface area contributed by atoms with Crippen LogP contribution in [0.1, 0.15) is 25.0 Å². The van der Waals surface area contributed by atoms with Crippen LogP contribution in [0.25, 0.3) is 0 Å². The summed E-state index contributed by atoms with van der Waals surface area (Å²) in [7, 11) is -1.36. The first-order valence-electron chi connectivity index (χ1n) is 14.7. The Morgan fingerprint density at radius 3 is 2.11 bits per heavy atom. The number of nitrogens with zero attached hydrogens (tertiary/aromatic N) is 2. The molecule has 0 saturated carbocycles. The number of benzene rings is 4. The number of halogens is 1. The van der Waals surface area contributed by atoms with E-state index in [0.29, 0.717) is 11.3 Å². The number of carbonyl (C=O) groups excluding carboxylic acids is 2. The number of methoxy groups -OCH3 is 2. The van der Waals surface area contributed by atoms with E-state index in [2.05, 4.69) is 5.32 Å². The highest BCUT2D eigenvalue weighted by molar-refractivity contribution is 7.92. The normalized spacial score (nSPS) is 11.9. The number of hydrogen-bond acceptors (Lipinski definition) is 6. The molecule has 0 radical (unpaired) electrons. The lowest BCUT2D eigenvalue weighted by molar-refractivity contribution is -0.140. The van der Waals surface area contributed by atoms with E-state index in [1.807, 2.05) is 50.2 Å². The Labute approximate surface area is 275 Å². The first-order valence-corrected chi connectivity index (χ1v) is 16.5. The summed E-state index contributed by atoms with van der Waals surface area (Å²) in [5.74, 6) is -0.195. The highest BCUT2D eigenvalue weighted by Gasteiger charge is 2.36. The minimum atomic E-state index is -4.31. The highest BCUT2D eigenvalue weighted by Crippen LogP contribution is 2.35. The SMILES string of the molecule is COc1cccc(CN(C(=O)CN(c2cc(Cl)ccc2OC)S(=O)(=O)c2ccccc2)C(Cc2ccccc2)C(=O)NC(C)C)c1. The number of amides is 2. The van der Waals surface area contributed by atoms with E-state index in [0.717, 1.165) is 9.87 Å². The van der Waals surface area contributed by atoms with Crippen molar-refractivity contribution in [1.29, 1.82) is 0 Å². The van der Waals surface area contributed by atoms with Gasteiger partial charge in [0.25, 0.3) is 10.0 Å². The highest BCUT2D eigenvalue weighted by atomic mass is 35.5. The largest absolute Gasteiger partial charge is 0.497 e. The molecule has 46 heavy (non-hydrogen) atoms. The molecule has 0 fully saturated rings. The van der Waals surface area contributed by atoms with Crippen LogP contribution in [0.15, 0.2) is 108 Å². The monoisotopic (exact) mass is 663 g/mol. The third-order valence-electron chi connectivity index (χ3n) is 7.21. The number of carbonyl (C=O) groups is 2. The van der Waals surface area contributed by atoms with Crippen molar-refractivity contribution in [3.63, 3.8) is 0 Å². The molecule has 0 bridgehead atoms. The predicted molar refractivity (Wildman–Crippen MR) is 180 cm³/mol. The first kappa shape index (κ1) is 34.3. The Morgan fingerprint density at radius 2 is 1.48 bits per heavy atom. The molecule has 1 unspecified atom stereocenters. The van der Waals surface area contributed by atoms with Gasteiger partial charge in [-0.2, -0.15) is 0 Å². The van der Waals surface area contributed by atoms with Gasteiger partial charge in [-0.1, -0.05) is 72.3 Å². The molecule has 0 heterocycles. The molecule has 0 aliphatic carbocycles. The lowest BCUT2D eigenvalue weighted by Gasteiger charge is -2.34. The summed E-state index contributed by atoms with van der Waals surface area (Å²) in [5, 5.41) is 3.20. The topological polar surface area (TPSA) is 105 Å². The van der Waals surface area contributed by atoms with Gasteiger partial charge in [0, 0.05) is 24.0 Å². The zero-order chi connectivity index (χ0) is 33.3. The lowest BCUT2D eigenvalue weighted by Crippen LogP contribution is -2.54. The fourth-order valence-electron chi connectivity index (χ4n) is 4.99. The van der Waals surface area contributed by atoms with Gasteiger partial charge in [0.05, 0.1) is 24.8 Å². The Hall–Kier alpha value is -4.54. The first-order chi connectivity index (χ1) is 22.0. The second-order valence-electron chi connectivity index (χ2n) is 10.9. The minimum absolute atomic E-state index is 0.00491. The minimum Gasteiger partial charge on any atom is -0.497 e. The molecule has 0 aliphatic rings. The maximum Gasteiger partial charge on any atom is 0.264 e. The number of ether oxygens (including phenoxy) is 2. The maximum absolute atomic E-state index is 14.6. The van der Waals surface area contributed by atoms with Crippen LogP contribution in [-0.2, 0) is 32.6 Å². The molecule has 0 spiro atoms. The van der Waals surface area contributed by atoms with Crippen LogP contribution in [0, 0.1) is 0 Å². The van der Waals surface area contributed by atoms with Crippen LogP contribution < -0.4 is 19.1 Å². The average molecular weight is 664 g/mol. The lowest BCUT2D eigenvalue weighted by atomic mass is 10.0. The van der Waals surface area contributed by atoms with Gasteiger partial charge in [0.2, 0.25) is 11.8 Å². The van der Waals surface area contributed by atoms with Crippen molar-refractivity contribution >= 4 is 39.1 Å². The molecular weight excluding hydrogens is 626 g/mol. The smallest absolute Gasteiger partial charge is 0.264 e. The molecule has 0 aromatic heterocycles. The molecule has 4 aromatic carbocycles. The van der Waals surface area contributed by atoms with E-state index in [4.69, 9.17) is 21.1 Å². The van der Waals surface area contributed by atoms with E-state index >= 15 is 0 Å². The van der Waals surface area contributed by atoms with Crippen LogP contribution in [0.2, 0.25) is 5.02 Å². The zero-order valence-electron chi connectivity index (χ0n) is 26.2. The van der Waals surface area contributed by atoms with Crippen LogP contribution >= 0.6 is 11.6 Å². The molecule has 0 aliphatic heterocycles. The maximum atomic E-state index is 14.6. The number of sulfonamides is 1. The number of nitrogens with one attached hydrogen (secondary N) is 1. The quantitative estimate of drug-likeness (QED) is 0.185. The van der Waals surface area contributed by atoms with E-state index < -0.39 is 28.5 Å². The average Bonchev–Trinajstić information content (AvgIpc) is 3.05. The molecule has 2 amide bonds. The number of anilines is 1. The fraction of sp³-hybridized carbons (Fsp3) is 0.257. The predicted octanol–water partition coefficient (Wildman–Crippen LogP) is 5.72. The Balaban J connectivity index is 1.86. The molecular formula is C35H38ClN3O6S. The zero-order valence-corrected chi connectivity index (χ0v) is 27.8. The molecule has 1 atom stereocenters. The second kappa shape index (κ2) is 15.6. The summed E-state index contributed by atoms with van der Waals surface area (Å²) in [5.41, 5.74) is 1.61. The van der Waals surface area contributed by atoms with Gasteiger partial charge in [-0.05, 0) is 67.4 Å². The van der Waals surface area contributed by atoms with Gasteiger partial charge in [0.15, 0.2) is 0 Å². The molecule has 0 saturated heterocycles. The molecule has 242 valence electrons. The second-order valence-corrected chi connectivity index (χ2v) is 13.2. The summed E-state index contributed by atoms with van der Waals surface area (Å²) in [6.45, 7) is 3.04. The Morgan fingerprint density at radius 1 is 0.826 bits per heavy atom. The Bertz CT molecular complexity index is 1740. The number of hydrogen-bond donors (Lipinski definition) is 1. The third-order valence-corrected chi connectivity index (χ3v) is 9.22. The van der Waals surface area contributed by atoms with Crippen molar-refractivity contribution < 1.29 is 27.5 Å². The standard InChI is InChI=1S/C35H38ClN3O6S/c1-25(2)37-35(41)32(21-26-12-7-5-8-13-26)38(23-27-14-11-15-29(20-27)44-3)34(40)24-39(31-22-28(36)18-19-33(31)45-4)46(42,43)30-16-9-6-10-17-30/h5-20,22,25,32H,21,23-24H2,1-4H3,(H,37,41). The van der Waals surface area contributed by atoms with Crippen LogP contribution in [0.4, 0.5) is 5.69 Å². The fourth-order valence-corrected chi connectivity index (χ4v) is 6.60. The summed E-state index contributed by atoms with van der Waals surface area (Å²) in [6, 6.07) is 27.7. The van der Waals surface area contributed by atoms with E-state index in [9.17, 15) is 18.0 Å². The van der Waals surface area contributed by atoms with Crippen molar-refractivity contribution in [1.82, 2.24) is 10.2 Å². The van der Waals surface area contributed by atoms with E-state index in [1.54, 1.807) is 49.6 Å². The van der Waals surface area contributed by atoms with Crippen molar-refractivity contribution in [2.75, 3.05) is 25.1 Å². The van der Waals surface area contributed by atoms with Gasteiger partial charge < -0.3 is 19.7 Å². The third kappa shape index (κ3) is 8.58. The summed E-state index contributed by atoms with van der Waals surface area (Å²) >= 11 is 6.34. The van der Waals surface area contributed by atoms with Crippen molar-refractivity contribution in [3.8, 4) is 11.5 Å². The Kier molecular flexibility index (Phi) is 11.7. The summed E-state index contributed by atoms with van der Waals surface area (Å²) in [6.07, 6.45) is 0.195. The van der Waals surface area contributed by atoms with Crippen LogP contribution in [0.3, 0.4) is 0 Å². The molecule has 4 aromatic rings. The summed E-state index contributed by atoms with van der Waals surface area (Å²) < 4.78 is 40.3. The van der Waals surface area contributed by atoms with E-state index in [1.165, 1.54) is 36.3 Å². The molecule has 4 rings (SSSR count). The van der Waals surface area contributed by atoms with Crippen LogP contribution in [0.5, 0.6) is 11.5 Å². The van der Waals surface area contributed by atoms with Gasteiger partial charge in [-0.15, -0.1) is 0 Å². The van der Waals surface area contributed by atoms with Crippen molar-refractivity contribution in [2.45, 2.75) is 43.8 Å². The van der Waals surface area contributed by atoms with Crippen LogP contribution in [-0.4, -0.2) is 58.0 Å². The summed E-state index contributed by atoms with van der Waals surface area (Å²) in [4.78, 5) is 29.8. The van der Waals surface area contributed by atoms with Crippen molar-refractivity contribution in [2.24, 2.45) is 0 Å². The van der Waals surface area contributed by atoms with Gasteiger partial charge >= 0.3 is 0 Å². The van der Waals surface area contributed by atoms with Crippen molar-refractivity contribution in [3.05, 3.63) is 119 Å². The molecule has 1 N–H and O–H groups in total. The van der Waals surface area contributed by atoms with Gasteiger partial charge in [-0.3, -0.25) is 13.9 Å². The molecule has 9 nitrogen and oxygen atoms in total. The molecule has 11 heteroatoms. The van der Waals surface area contributed by atoms with Gasteiger partial charge in [-0.25, -0.2) is 8.42 Å². The number of rotatable bonds is 14. The van der Waals surface area contributed by atoms with E-state index in [-0.39, 0.29) is 46.3 Å².